The van der Waals surface area contributed by atoms with Crippen LogP contribution in [0.5, 0.6) is 0 Å². The van der Waals surface area contributed by atoms with E-state index in [0.29, 0.717) is 22.1 Å². The number of hydrogen-bond donors (Lipinski definition) is 1. The molecule has 134 valence electrons. The van der Waals surface area contributed by atoms with Crippen molar-refractivity contribution in [3.63, 3.8) is 0 Å². The standard InChI is InChI=1S/C17H17ClN6O2/c1-9-10(2)24-13-14(19-16(24)21-20-9)22(3)17(26)23(15(13)25)8-11-4-6-12(18)7-5-11/h4-7,10H,8H2,1-3H3,(H,19,21). The lowest BCUT2D eigenvalue weighted by atomic mass is 10.2. The van der Waals surface area contributed by atoms with Gasteiger partial charge in [-0.05, 0) is 31.5 Å². The van der Waals surface area contributed by atoms with E-state index in [1.165, 1.54) is 9.13 Å². The van der Waals surface area contributed by atoms with Gasteiger partial charge in [0.25, 0.3) is 5.56 Å². The number of aromatic nitrogens is 4. The Balaban J connectivity index is 1.97. The normalized spacial score (nSPS) is 16.3. The van der Waals surface area contributed by atoms with Crippen LogP contribution in [0, 0.1) is 0 Å². The zero-order valence-corrected chi connectivity index (χ0v) is 15.3. The molecule has 3 heterocycles. The first-order chi connectivity index (χ1) is 12.4. The molecule has 1 aromatic carbocycles. The van der Waals surface area contributed by atoms with Gasteiger partial charge in [-0.1, -0.05) is 23.7 Å². The Morgan fingerprint density at radius 1 is 1.23 bits per heavy atom. The highest BCUT2D eigenvalue weighted by molar-refractivity contribution is 6.30. The van der Waals surface area contributed by atoms with Crippen LogP contribution in [0.25, 0.3) is 11.2 Å². The van der Waals surface area contributed by atoms with E-state index in [2.05, 4.69) is 15.5 Å². The third kappa shape index (κ3) is 2.37. The second-order valence-electron chi connectivity index (χ2n) is 6.38. The third-order valence-electron chi connectivity index (χ3n) is 4.75. The lowest BCUT2D eigenvalue weighted by Crippen LogP contribution is -2.40. The van der Waals surface area contributed by atoms with Crippen molar-refractivity contribution in [1.82, 2.24) is 18.7 Å². The first-order valence-corrected chi connectivity index (χ1v) is 8.52. The van der Waals surface area contributed by atoms with Crippen LogP contribution in [0.3, 0.4) is 0 Å². The zero-order chi connectivity index (χ0) is 18.6. The molecule has 0 saturated carbocycles. The van der Waals surface area contributed by atoms with E-state index in [-0.39, 0.29) is 18.1 Å². The smallest absolute Gasteiger partial charge is 0.294 e. The molecule has 0 spiro atoms. The van der Waals surface area contributed by atoms with Crippen LogP contribution in [0.15, 0.2) is 39.0 Å². The number of benzene rings is 1. The molecule has 1 atom stereocenters. The summed E-state index contributed by atoms with van der Waals surface area (Å²) in [6.07, 6.45) is 0. The van der Waals surface area contributed by atoms with Crippen LogP contribution in [-0.4, -0.2) is 24.4 Å². The predicted molar refractivity (Wildman–Crippen MR) is 101 cm³/mol. The van der Waals surface area contributed by atoms with E-state index in [4.69, 9.17) is 11.6 Å². The highest BCUT2D eigenvalue weighted by atomic mass is 35.5. The second-order valence-corrected chi connectivity index (χ2v) is 6.81. The maximum Gasteiger partial charge on any atom is 0.332 e. The fourth-order valence-electron chi connectivity index (χ4n) is 3.13. The Kier molecular flexibility index (Phi) is 3.73. The molecule has 8 nitrogen and oxygen atoms in total. The molecule has 1 unspecified atom stereocenters. The summed E-state index contributed by atoms with van der Waals surface area (Å²) in [5.41, 5.74) is 4.41. The van der Waals surface area contributed by atoms with E-state index >= 15 is 0 Å². The Labute approximate surface area is 153 Å². The molecule has 0 bridgehead atoms. The number of fused-ring (bicyclic) bond motifs is 3. The van der Waals surface area contributed by atoms with Crippen molar-refractivity contribution in [1.29, 1.82) is 0 Å². The summed E-state index contributed by atoms with van der Waals surface area (Å²) in [7, 11) is 1.61. The van der Waals surface area contributed by atoms with Gasteiger partial charge in [0, 0.05) is 12.1 Å². The minimum Gasteiger partial charge on any atom is -0.294 e. The summed E-state index contributed by atoms with van der Waals surface area (Å²) in [6, 6.07) is 6.93. The average molecular weight is 373 g/mol. The number of hydrazone groups is 1. The maximum atomic E-state index is 13.2. The van der Waals surface area contributed by atoms with Crippen LogP contribution >= 0.6 is 11.6 Å². The monoisotopic (exact) mass is 372 g/mol. The molecular weight excluding hydrogens is 356 g/mol. The Hall–Kier alpha value is -2.87. The van der Waals surface area contributed by atoms with Gasteiger partial charge in [0.05, 0.1) is 18.3 Å². The number of nitrogens with one attached hydrogen (secondary N) is 1. The number of hydrogen-bond acceptors (Lipinski definition) is 5. The molecule has 1 N–H and O–H groups in total. The van der Waals surface area contributed by atoms with E-state index in [1.807, 2.05) is 13.8 Å². The van der Waals surface area contributed by atoms with Gasteiger partial charge in [0.2, 0.25) is 5.95 Å². The van der Waals surface area contributed by atoms with Crippen molar-refractivity contribution in [2.75, 3.05) is 5.43 Å². The molecule has 2 aromatic heterocycles. The summed E-state index contributed by atoms with van der Waals surface area (Å²) in [5, 5.41) is 4.80. The fraction of sp³-hybridized carbons (Fsp3) is 0.294. The first kappa shape index (κ1) is 16.6. The molecule has 1 aliphatic heterocycles. The maximum absolute atomic E-state index is 13.2. The van der Waals surface area contributed by atoms with Gasteiger partial charge in [-0.25, -0.2) is 10.2 Å². The molecule has 9 heteroatoms. The molecule has 0 saturated heterocycles. The topological polar surface area (TPSA) is 86.2 Å². The van der Waals surface area contributed by atoms with E-state index in [0.717, 1.165) is 11.3 Å². The van der Waals surface area contributed by atoms with Gasteiger partial charge in [0.15, 0.2) is 11.2 Å². The van der Waals surface area contributed by atoms with E-state index in [9.17, 15) is 9.59 Å². The van der Waals surface area contributed by atoms with Crippen molar-refractivity contribution in [3.05, 3.63) is 55.7 Å². The predicted octanol–water partition coefficient (Wildman–Crippen LogP) is 1.96. The third-order valence-corrected chi connectivity index (χ3v) is 5.01. The van der Waals surface area contributed by atoms with Crippen LogP contribution in [-0.2, 0) is 13.6 Å². The SMILES string of the molecule is CC1=NNc2nc3c(c(=O)n(Cc4ccc(Cl)cc4)c(=O)n3C)n2C1C. The molecule has 0 fully saturated rings. The highest BCUT2D eigenvalue weighted by Gasteiger charge is 2.26. The van der Waals surface area contributed by atoms with Crippen molar-refractivity contribution >= 4 is 34.4 Å². The van der Waals surface area contributed by atoms with Gasteiger partial charge in [-0.3, -0.25) is 18.5 Å². The average Bonchev–Trinajstić information content (AvgIpc) is 3.02. The number of halogens is 1. The molecular formula is C17H17ClN6O2. The van der Waals surface area contributed by atoms with Gasteiger partial charge < -0.3 is 0 Å². The lowest BCUT2D eigenvalue weighted by molar-refractivity contribution is 0.645. The Bertz CT molecular complexity index is 1170. The number of aryl methyl sites for hydroxylation is 1. The first-order valence-electron chi connectivity index (χ1n) is 8.15. The Morgan fingerprint density at radius 3 is 2.62 bits per heavy atom. The van der Waals surface area contributed by atoms with Crippen LogP contribution in [0.4, 0.5) is 5.95 Å². The van der Waals surface area contributed by atoms with E-state index < -0.39 is 5.69 Å². The van der Waals surface area contributed by atoms with Gasteiger partial charge in [0.1, 0.15) is 0 Å². The zero-order valence-electron chi connectivity index (χ0n) is 14.5. The summed E-state index contributed by atoms with van der Waals surface area (Å²) >= 11 is 5.91. The minimum absolute atomic E-state index is 0.134. The molecule has 0 radical (unpaired) electrons. The summed E-state index contributed by atoms with van der Waals surface area (Å²) in [5.74, 6) is 0.453. The van der Waals surface area contributed by atoms with Crippen LogP contribution in [0.2, 0.25) is 5.02 Å². The van der Waals surface area contributed by atoms with Gasteiger partial charge in [-0.2, -0.15) is 10.1 Å². The summed E-state index contributed by atoms with van der Waals surface area (Å²) < 4.78 is 4.40. The highest BCUT2D eigenvalue weighted by Crippen LogP contribution is 2.25. The molecule has 1 aliphatic rings. The molecule has 26 heavy (non-hydrogen) atoms. The molecule has 0 aliphatic carbocycles. The molecule has 0 amide bonds. The van der Waals surface area contributed by atoms with Crippen molar-refractivity contribution in [2.45, 2.75) is 26.4 Å². The number of imidazole rings is 1. The van der Waals surface area contributed by atoms with Crippen molar-refractivity contribution in [3.8, 4) is 0 Å². The quantitative estimate of drug-likeness (QED) is 0.745. The number of rotatable bonds is 2. The molecule has 3 aromatic rings. The number of nitrogens with zero attached hydrogens (tertiary/aromatic N) is 5. The van der Waals surface area contributed by atoms with Gasteiger partial charge in [-0.15, -0.1) is 0 Å². The fourth-order valence-corrected chi connectivity index (χ4v) is 3.25. The lowest BCUT2D eigenvalue weighted by Gasteiger charge is -2.21. The largest absolute Gasteiger partial charge is 0.332 e. The second kappa shape index (κ2) is 5.84. The molecule has 4 rings (SSSR count). The minimum atomic E-state index is -0.418. The van der Waals surface area contributed by atoms with Crippen LogP contribution < -0.4 is 16.7 Å². The summed E-state index contributed by atoms with van der Waals surface area (Å²) in [4.78, 5) is 30.3. The van der Waals surface area contributed by atoms with E-state index in [1.54, 1.807) is 35.9 Å². The van der Waals surface area contributed by atoms with Crippen molar-refractivity contribution < 1.29 is 0 Å². The van der Waals surface area contributed by atoms with Crippen LogP contribution in [0.1, 0.15) is 25.5 Å². The Morgan fingerprint density at radius 2 is 1.92 bits per heavy atom. The van der Waals surface area contributed by atoms with Crippen molar-refractivity contribution in [2.24, 2.45) is 12.1 Å². The summed E-state index contributed by atoms with van der Waals surface area (Å²) in [6.45, 7) is 3.98. The van der Waals surface area contributed by atoms with Gasteiger partial charge >= 0.3 is 5.69 Å². The number of anilines is 1.